The van der Waals surface area contributed by atoms with Gasteiger partial charge < -0.3 is 20.5 Å². The Morgan fingerprint density at radius 3 is 2.70 bits per heavy atom. The highest BCUT2D eigenvalue weighted by atomic mass is 32.1. The van der Waals surface area contributed by atoms with E-state index < -0.39 is 0 Å². The third kappa shape index (κ3) is 5.23. The quantitative estimate of drug-likeness (QED) is 0.329. The molecule has 1 aliphatic rings. The number of pyridine rings is 2. The van der Waals surface area contributed by atoms with Crippen molar-refractivity contribution in [2.24, 2.45) is 0 Å². The molecule has 0 radical (unpaired) electrons. The van der Waals surface area contributed by atoms with Gasteiger partial charge in [-0.15, -0.1) is 0 Å². The van der Waals surface area contributed by atoms with E-state index in [1.54, 1.807) is 17.5 Å². The third-order valence-corrected chi connectivity index (χ3v) is 6.71. The van der Waals surface area contributed by atoms with Crippen LogP contribution in [0.2, 0.25) is 0 Å². The van der Waals surface area contributed by atoms with Crippen LogP contribution in [-0.2, 0) is 0 Å². The van der Waals surface area contributed by atoms with Crippen molar-refractivity contribution in [1.29, 1.82) is 0 Å². The number of benzene rings is 1. The fraction of sp³-hybridized carbons (Fsp3) is 0.320. The van der Waals surface area contributed by atoms with E-state index in [-0.39, 0.29) is 6.10 Å². The average Bonchev–Trinajstić information content (AvgIpc) is 3.23. The van der Waals surface area contributed by atoms with Crippen molar-refractivity contribution in [3.63, 3.8) is 0 Å². The molecule has 0 saturated heterocycles. The molecule has 3 aromatic heterocycles. The molecule has 1 aliphatic carbocycles. The van der Waals surface area contributed by atoms with Crippen molar-refractivity contribution < 1.29 is 9.84 Å². The van der Waals surface area contributed by atoms with Crippen molar-refractivity contribution in [3.05, 3.63) is 54.9 Å². The van der Waals surface area contributed by atoms with Crippen LogP contribution in [-0.4, -0.2) is 38.8 Å². The van der Waals surface area contributed by atoms with Gasteiger partial charge in [-0.25, -0.2) is 9.97 Å². The van der Waals surface area contributed by atoms with E-state index in [0.717, 1.165) is 69.5 Å². The molecule has 1 aromatic carbocycles. The molecule has 0 amide bonds. The molecule has 4 aromatic rings. The fourth-order valence-corrected chi connectivity index (χ4v) is 5.02. The summed E-state index contributed by atoms with van der Waals surface area (Å²) in [7, 11) is 0. The number of hydrogen-bond acceptors (Lipinski definition) is 8. The predicted molar refractivity (Wildman–Crippen MR) is 133 cm³/mol. The molecule has 0 bridgehead atoms. The molecule has 1 fully saturated rings. The zero-order chi connectivity index (χ0) is 22.6. The van der Waals surface area contributed by atoms with E-state index in [4.69, 9.17) is 14.7 Å². The molecule has 8 heteroatoms. The highest BCUT2D eigenvalue weighted by molar-refractivity contribution is 7.22. The van der Waals surface area contributed by atoms with Crippen LogP contribution in [0.15, 0.2) is 54.9 Å². The smallest absolute Gasteiger partial charge is 0.189 e. The lowest BCUT2D eigenvalue weighted by molar-refractivity contribution is 0.126. The second kappa shape index (κ2) is 9.72. The van der Waals surface area contributed by atoms with Gasteiger partial charge >= 0.3 is 0 Å². The van der Waals surface area contributed by atoms with Crippen LogP contribution in [0.5, 0.6) is 5.75 Å². The van der Waals surface area contributed by atoms with Gasteiger partial charge in [-0.05, 0) is 68.5 Å². The number of aromatic nitrogens is 3. The maximum Gasteiger partial charge on any atom is 0.189 e. The van der Waals surface area contributed by atoms with Crippen molar-refractivity contribution in [3.8, 4) is 16.9 Å². The standard InChI is InChI=1S/C25H27N5O2S/c1-2-32-20-12-17(14-26-15-20)16-6-11-21-22(13-16)33-25(28-21)30-24-5-3-4-23(29-24)27-18-7-9-19(31)10-8-18/h3-6,11-15,18-19,31H,2,7-10H2,1H3,(H2,27,28,29,30)/t18-,19-. The third-order valence-electron chi connectivity index (χ3n) is 5.78. The van der Waals surface area contributed by atoms with Crippen molar-refractivity contribution >= 4 is 38.3 Å². The number of aliphatic hydroxyl groups is 1. The van der Waals surface area contributed by atoms with Crippen molar-refractivity contribution in [1.82, 2.24) is 15.0 Å². The molecule has 33 heavy (non-hydrogen) atoms. The van der Waals surface area contributed by atoms with Gasteiger partial charge in [-0.3, -0.25) is 4.98 Å². The summed E-state index contributed by atoms with van der Waals surface area (Å²) >= 11 is 1.60. The van der Waals surface area contributed by atoms with E-state index in [1.807, 2.05) is 43.5 Å². The first kappa shape index (κ1) is 21.6. The Balaban J connectivity index is 1.31. The molecule has 5 rings (SSSR count). The van der Waals surface area contributed by atoms with Crippen LogP contribution in [0.3, 0.4) is 0 Å². The minimum Gasteiger partial charge on any atom is -0.492 e. The summed E-state index contributed by atoms with van der Waals surface area (Å²) in [4.78, 5) is 13.7. The van der Waals surface area contributed by atoms with E-state index >= 15 is 0 Å². The maximum absolute atomic E-state index is 9.71. The number of hydrogen-bond donors (Lipinski definition) is 3. The van der Waals surface area contributed by atoms with Crippen LogP contribution >= 0.6 is 11.3 Å². The number of nitrogens with zero attached hydrogens (tertiary/aromatic N) is 3. The summed E-state index contributed by atoms with van der Waals surface area (Å²) in [6, 6.07) is 14.5. The lowest BCUT2D eigenvalue weighted by atomic mass is 9.93. The molecule has 7 nitrogen and oxygen atoms in total. The number of thiazole rings is 1. The van der Waals surface area contributed by atoms with Crippen LogP contribution in [0.25, 0.3) is 21.3 Å². The normalized spacial score (nSPS) is 18.2. The van der Waals surface area contributed by atoms with Gasteiger partial charge in [0.2, 0.25) is 0 Å². The molecule has 3 N–H and O–H groups in total. The highest BCUT2D eigenvalue weighted by Crippen LogP contribution is 2.32. The first-order valence-electron chi connectivity index (χ1n) is 11.3. The number of fused-ring (bicyclic) bond motifs is 1. The second-order valence-corrected chi connectivity index (χ2v) is 9.26. The SMILES string of the molecule is CCOc1cncc(-c2ccc3nc(Nc4cccc(N[C@H]5CC[C@H](O)CC5)n4)sc3c2)c1. The number of aliphatic hydroxyl groups excluding tert-OH is 1. The Morgan fingerprint density at radius 1 is 1.00 bits per heavy atom. The molecule has 0 atom stereocenters. The first-order chi connectivity index (χ1) is 16.2. The average molecular weight is 462 g/mol. The summed E-state index contributed by atoms with van der Waals surface area (Å²) in [5, 5.41) is 17.4. The molecule has 170 valence electrons. The van der Waals surface area contributed by atoms with Gasteiger partial charge in [0.15, 0.2) is 5.13 Å². The molecule has 0 aliphatic heterocycles. The Morgan fingerprint density at radius 2 is 1.85 bits per heavy atom. The fourth-order valence-electron chi connectivity index (χ4n) is 4.10. The van der Waals surface area contributed by atoms with Gasteiger partial charge in [0.05, 0.1) is 29.1 Å². The summed E-state index contributed by atoms with van der Waals surface area (Å²) in [6.45, 7) is 2.58. The lowest BCUT2D eigenvalue weighted by Crippen LogP contribution is -2.28. The van der Waals surface area contributed by atoms with Crippen LogP contribution in [0.1, 0.15) is 32.6 Å². The minimum absolute atomic E-state index is 0.159. The summed E-state index contributed by atoms with van der Waals surface area (Å²) in [6.07, 6.45) is 7.03. The van der Waals surface area contributed by atoms with Crippen molar-refractivity contribution in [2.45, 2.75) is 44.8 Å². The van der Waals surface area contributed by atoms with Gasteiger partial charge in [0.25, 0.3) is 0 Å². The molecular weight excluding hydrogens is 434 g/mol. The predicted octanol–water partition coefficient (Wildman–Crippen LogP) is 5.61. The van der Waals surface area contributed by atoms with Crippen LogP contribution in [0.4, 0.5) is 16.8 Å². The van der Waals surface area contributed by atoms with Gasteiger partial charge in [0.1, 0.15) is 17.4 Å². The zero-order valence-corrected chi connectivity index (χ0v) is 19.3. The Hall–Kier alpha value is -3.23. The van der Waals surface area contributed by atoms with E-state index in [9.17, 15) is 5.11 Å². The summed E-state index contributed by atoms with van der Waals surface area (Å²) in [5.41, 5.74) is 3.03. The first-order valence-corrected chi connectivity index (χ1v) is 12.2. The minimum atomic E-state index is -0.159. The highest BCUT2D eigenvalue weighted by Gasteiger charge is 2.19. The van der Waals surface area contributed by atoms with E-state index in [0.29, 0.717) is 12.6 Å². The molecule has 3 heterocycles. The summed E-state index contributed by atoms with van der Waals surface area (Å²) < 4.78 is 6.67. The number of nitrogens with one attached hydrogen (secondary N) is 2. The van der Waals surface area contributed by atoms with Gasteiger partial charge in [0, 0.05) is 17.8 Å². The van der Waals surface area contributed by atoms with Gasteiger partial charge in [-0.2, -0.15) is 0 Å². The Labute approximate surface area is 196 Å². The van der Waals surface area contributed by atoms with Crippen LogP contribution in [0, 0.1) is 0 Å². The largest absolute Gasteiger partial charge is 0.492 e. The second-order valence-electron chi connectivity index (χ2n) is 8.23. The maximum atomic E-state index is 9.71. The number of rotatable bonds is 7. The van der Waals surface area contributed by atoms with Crippen molar-refractivity contribution in [2.75, 3.05) is 17.2 Å². The Bertz CT molecular complexity index is 1240. The van der Waals surface area contributed by atoms with E-state index in [1.165, 1.54) is 0 Å². The summed E-state index contributed by atoms with van der Waals surface area (Å²) in [5.74, 6) is 2.36. The monoisotopic (exact) mass is 461 g/mol. The topological polar surface area (TPSA) is 92.2 Å². The van der Waals surface area contributed by atoms with Crippen LogP contribution < -0.4 is 15.4 Å². The Kier molecular flexibility index (Phi) is 6.37. The zero-order valence-electron chi connectivity index (χ0n) is 18.5. The molecule has 1 saturated carbocycles. The van der Waals surface area contributed by atoms with Gasteiger partial charge in [-0.1, -0.05) is 23.5 Å². The molecule has 0 spiro atoms. The number of anilines is 3. The van der Waals surface area contributed by atoms with E-state index in [2.05, 4.69) is 27.8 Å². The molecule has 0 unspecified atom stereocenters. The molecular formula is C25H27N5O2S. The number of ether oxygens (including phenoxy) is 1. The lowest BCUT2D eigenvalue weighted by Gasteiger charge is -2.26.